The monoisotopic (exact) mass is 872 g/mol. The highest BCUT2D eigenvalue weighted by Crippen LogP contribution is 2.48. The lowest BCUT2D eigenvalue weighted by molar-refractivity contribution is -0.144. The minimum atomic E-state index is -1.31. The number of ether oxygens (including phenoxy) is 1. The van der Waals surface area contributed by atoms with Gasteiger partial charge in [-0.15, -0.1) is 0 Å². The zero-order valence-corrected chi connectivity index (χ0v) is 35.7. The van der Waals surface area contributed by atoms with Gasteiger partial charge in [-0.05, 0) is 75.8 Å². The van der Waals surface area contributed by atoms with Gasteiger partial charge in [0.1, 0.15) is 12.0 Å². The van der Waals surface area contributed by atoms with E-state index in [2.05, 4.69) is 50.4 Å². The molecule has 2 amide bonds. The molecular formula is C43H49BrN6O9. The van der Waals surface area contributed by atoms with Gasteiger partial charge in [0.15, 0.2) is 11.6 Å². The Morgan fingerprint density at radius 1 is 0.932 bits per heavy atom. The van der Waals surface area contributed by atoms with Crippen LogP contribution in [0.1, 0.15) is 150 Å². The van der Waals surface area contributed by atoms with E-state index in [1.54, 1.807) is 0 Å². The number of ketones is 3. The number of hydrogen-bond acceptors (Lipinski definition) is 10. The molecular weight excluding hydrogens is 824 g/mol. The molecule has 1 aliphatic carbocycles. The topological polar surface area (TPSA) is 230 Å². The second kappa shape index (κ2) is 17.4. The van der Waals surface area contributed by atoms with Gasteiger partial charge in [-0.25, -0.2) is 4.79 Å². The van der Waals surface area contributed by atoms with E-state index in [4.69, 9.17) is 14.7 Å². The van der Waals surface area contributed by atoms with E-state index < -0.39 is 47.3 Å². The number of H-pyrrole nitrogens is 2. The summed E-state index contributed by atoms with van der Waals surface area (Å²) in [6.07, 6.45) is 1.30. The number of halogens is 1. The summed E-state index contributed by atoms with van der Waals surface area (Å²) in [6.45, 7) is 11.5. The molecule has 1 unspecified atom stereocenters. The van der Waals surface area contributed by atoms with Crippen molar-refractivity contribution in [2.75, 3.05) is 19.0 Å². The van der Waals surface area contributed by atoms with Crippen LogP contribution in [-0.4, -0.2) is 91.2 Å². The largest absolute Gasteiger partial charge is 0.480 e. The predicted molar refractivity (Wildman–Crippen MR) is 222 cm³/mol. The van der Waals surface area contributed by atoms with E-state index in [-0.39, 0.29) is 67.0 Å². The van der Waals surface area contributed by atoms with Crippen LogP contribution in [0.25, 0.3) is 22.1 Å². The summed E-state index contributed by atoms with van der Waals surface area (Å²) < 4.78 is 5.20. The number of nitrogens with zero attached hydrogens (tertiary/aromatic N) is 2. The fourth-order valence-corrected chi connectivity index (χ4v) is 9.05. The number of carboxylic acid groups (broad SMARTS) is 1. The Hall–Kier alpha value is -5.51. The van der Waals surface area contributed by atoms with Crippen LogP contribution in [0, 0.1) is 13.8 Å². The predicted octanol–water partition coefficient (Wildman–Crippen LogP) is 5.98. The Morgan fingerprint density at radius 2 is 1.58 bits per heavy atom. The third-order valence-corrected chi connectivity index (χ3v) is 12.6. The fourth-order valence-electron chi connectivity index (χ4n) is 8.80. The van der Waals surface area contributed by atoms with Crippen molar-refractivity contribution in [2.45, 2.75) is 109 Å². The van der Waals surface area contributed by atoms with Gasteiger partial charge in [0.25, 0.3) is 5.91 Å². The molecule has 59 heavy (non-hydrogen) atoms. The van der Waals surface area contributed by atoms with E-state index in [1.807, 2.05) is 39.0 Å². The molecule has 5 N–H and O–H groups in total. The van der Waals surface area contributed by atoms with Crippen molar-refractivity contribution in [3.8, 4) is 0 Å². The lowest BCUT2D eigenvalue weighted by atomic mass is 9.84. The van der Waals surface area contributed by atoms with Crippen molar-refractivity contribution in [1.82, 2.24) is 30.6 Å². The van der Waals surface area contributed by atoms with Crippen molar-refractivity contribution in [2.24, 2.45) is 0 Å². The number of methoxy groups -OCH3 is 1. The number of esters is 1. The quantitative estimate of drug-likeness (QED) is 0.0316. The van der Waals surface area contributed by atoms with Gasteiger partial charge in [-0.3, -0.25) is 38.7 Å². The molecule has 6 rings (SSSR count). The maximum atomic E-state index is 14.3. The number of carboxylic acids is 1. The molecule has 16 heteroatoms. The highest BCUT2D eigenvalue weighted by atomic mass is 79.9. The molecule has 3 aliphatic rings. The summed E-state index contributed by atoms with van der Waals surface area (Å²) in [4.78, 5) is 107. The molecule has 0 radical (unpaired) electrons. The molecule has 0 spiro atoms. The van der Waals surface area contributed by atoms with Crippen molar-refractivity contribution in [1.29, 1.82) is 0 Å². The number of rotatable bonds is 14. The highest BCUT2D eigenvalue weighted by Gasteiger charge is 2.45. The third-order valence-electron chi connectivity index (χ3n) is 12.1. The number of fused-ring (bicyclic) bond motifs is 8. The van der Waals surface area contributed by atoms with Crippen molar-refractivity contribution in [3.63, 3.8) is 0 Å². The molecule has 312 valence electrons. The highest BCUT2D eigenvalue weighted by molar-refractivity contribution is 9.09. The second-order valence-electron chi connectivity index (χ2n) is 15.6. The number of aryl methyl sites for hydroxylation is 2. The van der Waals surface area contributed by atoms with Crippen LogP contribution in [0.2, 0.25) is 0 Å². The molecule has 3 aromatic heterocycles. The molecule has 15 nitrogen and oxygen atoms in total. The minimum Gasteiger partial charge on any atom is -0.480 e. The number of carbonyl (C=O) groups excluding carboxylic acids is 6. The average Bonchev–Trinajstić information content (AvgIpc) is 3.94. The van der Waals surface area contributed by atoms with Gasteiger partial charge in [-0.1, -0.05) is 36.7 Å². The number of aromatic nitrogens is 4. The lowest BCUT2D eigenvalue weighted by Crippen LogP contribution is -2.44. The van der Waals surface area contributed by atoms with E-state index in [0.717, 1.165) is 23.4 Å². The molecule has 3 aromatic rings. The molecule has 2 aliphatic heterocycles. The first-order valence-corrected chi connectivity index (χ1v) is 20.9. The summed E-state index contributed by atoms with van der Waals surface area (Å²) >= 11 is 2.89. The SMILES string of the molecule is CC[C@H]1c2cc3[nH]c4c(c3C)C(=O)C(C(=O)OC)c4c3nc(cc4[nH]c(cc(n2)[C@@H]1C)c(C(C)=O)c4C)[C@@H](C)[C@@H]3CCC(=O)NCCC[C@H](NC(=O)C(=O)CBr)C(=O)O. The fraction of sp³-hybridized carbons (Fsp3) is 0.465. The number of amides is 2. The Morgan fingerprint density at radius 3 is 2.22 bits per heavy atom. The van der Waals surface area contributed by atoms with E-state index in [1.165, 1.54) is 14.0 Å². The number of hydrogen-bond donors (Lipinski definition) is 5. The van der Waals surface area contributed by atoms with Crippen molar-refractivity contribution in [3.05, 3.63) is 68.8 Å². The number of alkyl halides is 1. The lowest BCUT2D eigenvalue weighted by Gasteiger charge is -2.19. The van der Waals surface area contributed by atoms with Crippen molar-refractivity contribution >= 4 is 79.1 Å². The van der Waals surface area contributed by atoms with Crippen LogP contribution in [0.3, 0.4) is 0 Å². The molecule has 0 aromatic carbocycles. The summed E-state index contributed by atoms with van der Waals surface area (Å²) in [5.74, 6) is -6.58. The summed E-state index contributed by atoms with van der Waals surface area (Å²) in [5, 5.41) is 14.3. The van der Waals surface area contributed by atoms with Crippen LogP contribution in [0.4, 0.5) is 0 Å². The molecule has 0 saturated heterocycles. The van der Waals surface area contributed by atoms with Gasteiger partial charge in [0.05, 0.1) is 29.2 Å². The average molecular weight is 874 g/mol. The first kappa shape index (κ1) is 43.1. The molecule has 0 saturated carbocycles. The zero-order valence-electron chi connectivity index (χ0n) is 34.1. The number of carbonyl (C=O) groups is 7. The Labute approximate surface area is 349 Å². The first-order chi connectivity index (χ1) is 28.0. The van der Waals surface area contributed by atoms with Gasteiger partial charge in [0.2, 0.25) is 11.7 Å². The van der Waals surface area contributed by atoms with E-state index in [9.17, 15) is 38.7 Å². The van der Waals surface area contributed by atoms with Gasteiger partial charge >= 0.3 is 11.9 Å². The van der Waals surface area contributed by atoms with Crippen LogP contribution >= 0.6 is 15.9 Å². The maximum absolute atomic E-state index is 14.3. The summed E-state index contributed by atoms with van der Waals surface area (Å²) in [7, 11) is 1.24. The Kier molecular flexibility index (Phi) is 12.7. The van der Waals surface area contributed by atoms with Crippen LogP contribution < -0.4 is 10.6 Å². The van der Waals surface area contributed by atoms with Crippen molar-refractivity contribution < 1.29 is 43.4 Å². The summed E-state index contributed by atoms with van der Waals surface area (Å²) in [5.41, 5.74) is 7.99. The Balaban J connectivity index is 1.44. The van der Waals surface area contributed by atoms with Crippen LogP contribution in [0.15, 0.2) is 18.2 Å². The van der Waals surface area contributed by atoms with Gasteiger partial charge in [0, 0.05) is 81.4 Å². The number of Topliss-reactive ketones (excluding diaryl/α,β-unsaturated/α-hetero) is 3. The first-order valence-electron chi connectivity index (χ1n) is 19.8. The normalized spacial score (nSPS) is 19.9. The second-order valence-corrected chi connectivity index (χ2v) is 16.2. The Bertz CT molecular complexity index is 2450. The summed E-state index contributed by atoms with van der Waals surface area (Å²) in [6, 6.07) is 4.49. The number of aliphatic carboxylic acids is 1. The van der Waals surface area contributed by atoms with Crippen LogP contribution in [-0.2, 0) is 28.7 Å². The number of aromatic amines is 2. The standard InChI is InChI=1S/C43H49BrN6O9/c1-8-23-18(2)26-16-31-34(22(6)51)20(4)28(47-31)14-27-19(3)24(11-12-33(53)45-13-9-10-25(42(56)57)50-41(55)32(52)17-44)38(48-27)36-37(43(58)59-7)40(54)35-21(5)29(49-39(35)36)15-30(23)46-26/h14-16,18-19,23-25,37,47,49H,8-13,17H2,1-7H3,(H,45,53)(H,50,55)(H,56,57)/t18-,19+,23-,24+,25+,37?/m1/s1. The van der Waals surface area contributed by atoms with Crippen LogP contribution in [0.5, 0.6) is 0 Å². The number of nitrogens with one attached hydrogen (secondary N) is 4. The molecule has 8 bridgehead atoms. The maximum Gasteiger partial charge on any atom is 0.326 e. The minimum absolute atomic E-state index is 0.0199. The van der Waals surface area contributed by atoms with E-state index >= 15 is 0 Å². The molecule has 0 fully saturated rings. The van der Waals surface area contributed by atoms with Gasteiger partial charge < -0.3 is 30.4 Å². The molecule has 5 heterocycles. The zero-order chi connectivity index (χ0) is 43.0. The smallest absolute Gasteiger partial charge is 0.326 e. The van der Waals surface area contributed by atoms with Gasteiger partial charge in [-0.2, -0.15) is 0 Å². The third kappa shape index (κ3) is 8.10. The molecule has 6 atom stereocenters. The van der Waals surface area contributed by atoms with E-state index in [0.29, 0.717) is 55.7 Å².